The van der Waals surface area contributed by atoms with Gasteiger partial charge in [0.1, 0.15) is 18.1 Å². The first-order valence-corrected chi connectivity index (χ1v) is 25.4. The van der Waals surface area contributed by atoms with Crippen LogP contribution in [0.5, 0.6) is 11.5 Å². The summed E-state index contributed by atoms with van der Waals surface area (Å²) in [6.07, 6.45) is 20.5. The third-order valence-electron chi connectivity index (χ3n) is 12.5. The van der Waals surface area contributed by atoms with Gasteiger partial charge in [0.05, 0.1) is 23.7 Å². The molecule has 2 aromatic heterocycles. The Balaban J connectivity index is 0.856. The van der Waals surface area contributed by atoms with E-state index in [1.807, 2.05) is 41.1 Å². The molecule has 0 bridgehead atoms. The summed E-state index contributed by atoms with van der Waals surface area (Å²) >= 11 is 0. The number of unbranched alkanes of at least 4 members (excludes halogenated alkanes) is 9. The van der Waals surface area contributed by atoms with Crippen molar-refractivity contribution in [2.45, 2.75) is 195 Å². The van der Waals surface area contributed by atoms with Crippen LogP contribution in [-0.2, 0) is 41.2 Å². The number of nitrogens with zero attached hydrogens (tertiary/aromatic N) is 6. The minimum Gasteiger partial charge on any atom is -0.493 e. The van der Waals surface area contributed by atoms with E-state index in [0.29, 0.717) is 6.61 Å². The van der Waals surface area contributed by atoms with Gasteiger partial charge < -0.3 is 14.8 Å². The SMILES string of the molecule is CC(C)(C)c1cc(N=Nc2ccc(OCC[n+]3ccc(OCCCCCCCCCc4cn(CCCCCCNc5cc(C(C)(C)C)cc(C(C)(C)C)c5)nn4)cc3)cc2)cc(C(C)(C)C)c1. The maximum Gasteiger partial charge on any atom is 0.182 e. The number of ether oxygens (including phenoxy) is 2. The van der Waals surface area contributed by atoms with Crippen molar-refractivity contribution in [2.24, 2.45) is 10.2 Å². The highest BCUT2D eigenvalue weighted by molar-refractivity contribution is 5.52. The van der Waals surface area contributed by atoms with E-state index in [2.05, 4.69) is 168 Å². The summed E-state index contributed by atoms with van der Waals surface area (Å²) in [5.41, 5.74) is 9.72. The summed E-state index contributed by atoms with van der Waals surface area (Å²) in [6, 6.07) is 25.5. The minimum atomic E-state index is 0.0345. The van der Waals surface area contributed by atoms with Crippen LogP contribution in [0.15, 0.2) is 102 Å². The van der Waals surface area contributed by atoms with E-state index in [4.69, 9.17) is 9.47 Å². The molecule has 9 nitrogen and oxygen atoms in total. The lowest BCUT2D eigenvalue weighted by Crippen LogP contribution is -2.35. The monoisotopic (exact) mass is 913 g/mol. The predicted octanol–water partition coefficient (Wildman–Crippen LogP) is 15.3. The van der Waals surface area contributed by atoms with Crippen LogP contribution in [0.3, 0.4) is 0 Å². The second kappa shape index (κ2) is 24.8. The normalized spacial score (nSPS) is 12.5. The van der Waals surface area contributed by atoms with Crippen molar-refractivity contribution >= 4 is 17.1 Å². The van der Waals surface area contributed by atoms with Gasteiger partial charge in [0.15, 0.2) is 18.9 Å². The Morgan fingerprint density at radius 1 is 0.522 bits per heavy atom. The van der Waals surface area contributed by atoms with Crippen molar-refractivity contribution in [1.82, 2.24) is 15.0 Å². The summed E-state index contributed by atoms with van der Waals surface area (Å²) in [6.45, 7) is 31.2. The molecular weight excluding hydrogens is 827 g/mol. The second-order valence-corrected chi connectivity index (χ2v) is 22.8. The Kier molecular flexibility index (Phi) is 19.6. The number of benzene rings is 3. The summed E-state index contributed by atoms with van der Waals surface area (Å²) in [5.74, 6) is 1.73. The molecule has 0 fully saturated rings. The molecule has 0 amide bonds. The number of anilines is 1. The number of aryl methyl sites for hydroxylation is 2. The maximum atomic E-state index is 6.04. The Hall–Kier alpha value is -5.05. The van der Waals surface area contributed by atoms with Crippen molar-refractivity contribution in [3.63, 3.8) is 0 Å². The molecule has 364 valence electrons. The van der Waals surface area contributed by atoms with E-state index < -0.39 is 0 Å². The van der Waals surface area contributed by atoms with Crippen molar-refractivity contribution in [1.29, 1.82) is 0 Å². The van der Waals surface area contributed by atoms with E-state index in [1.165, 1.54) is 85.7 Å². The molecule has 0 spiro atoms. The zero-order valence-electron chi connectivity index (χ0n) is 43.7. The molecule has 0 aliphatic rings. The van der Waals surface area contributed by atoms with Gasteiger partial charge >= 0.3 is 0 Å². The first kappa shape index (κ1) is 52.9. The molecule has 5 rings (SSSR count). The van der Waals surface area contributed by atoms with E-state index in [9.17, 15) is 0 Å². The lowest BCUT2D eigenvalue weighted by Gasteiger charge is -2.26. The second-order valence-electron chi connectivity index (χ2n) is 22.8. The van der Waals surface area contributed by atoms with Gasteiger partial charge in [-0.3, -0.25) is 4.68 Å². The first-order chi connectivity index (χ1) is 31.7. The fourth-order valence-corrected chi connectivity index (χ4v) is 7.84. The van der Waals surface area contributed by atoms with Gasteiger partial charge in [-0.2, -0.15) is 10.2 Å². The lowest BCUT2D eigenvalue weighted by atomic mass is 9.80. The Bertz CT molecular complexity index is 2180. The summed E-state index contributed by atoms with van der Waals surface area (Å²) in [4.78, 5) is 0. The Morgan fingerprint density at radius 2 is 1.01 bits per heavy atom. The van der Waals surface area contributed by atoms with Gasteiger partial charge in [-0.05, 0) is 125 Å². The molecule has 0 unspecified atom stereocenters. The smallest absolute Gasteiger partial charge is 0.182 e. The number of rotatable bonds is 25. The zero-order chi connectivity index (χ0) is 48.5. The molecule has 5 aromatic rings. The number of nitrogens with one attached hydrogen (secondary N) is 1. The van der Waals surface area contributed by atoms with Crippen molar-refractivity contribution in [2.75, 3.05) is 25.1 Å². The van der Waals surface area contributed by atoms with Gasteiger partial charge in [-0.25, -0.2) is 4.57 Å². The zero-order valence-corrected chi connectivity index (χ0v) is 43.7. The molecule has 0 saturated carbocycles. The average molecular weight is 913 g/mol. The van der Waals surface area contributed by atoms with Crippen LogP contribution in [0.4, 0.5) is 17.1 Å². The van der Waals surface area contributed by atoms with Crippen LogP contribution in [-0.4, -0.2) is 34.8 Å². The summed E-state index contributed by atoms with van der Waals surface area (Å²) < 4.78 is 16.2. The fourth-order valence-electron chi connectivity index (χ4n) is 7.84. The Labute approximate surface area is 405 Å². The Morgan fingerprint density at radius 3 is 1.61 bits per heavy atom. The van der Waals surface area contributed by atoms with Gasteiger partial charge in [0.2, 0.25) is 0 Å². The van der Waals surface area contributed by atoms with Crippen LogP contribution >= 0.6 is 0 Å². The van der Waals surface area contributed by atoms with Crippen LogP contribution in [0.1, 0.15) is 182 Å². The van der Waals surface area contributed by atoms with Crippen LogP contribution in [0.2, 0.25) is 0 Å². The van der Waals surface area contributed by atoms with E-state index in [-0.39, 0.29) is 21.7 Å². The quantitative estimate of drug-likeness (QED) is 0.0358. The van der Waals surface area contributed by atoms with Crippen LogP contribution < -0.4 is 19.4 Å². The highest BCUT2D eigenvalue weighted by atomic mass is 16.5. The highest BCUT2D eigenvalue weighted by Gasteiger charge is 2.22. The highest BCUT2D eigenvalue weighted by Crippen LogP contribution is 2.35. The molecule has 0 saturated heterocycles. The lowest BCUT2D eigenvalue weighted by molar-refractivity contribution is -0.697. The molecule has 9 heteroatoms. The third-order valence-corrected chi connectivity index (χ3v) is 12.5. The molecule has 1 N–H and O–H groups in total. The molecule has 3 aromatic carbocycles. The number of aromatic nitrogens is 4. The topological polar surface area (TPSA) is 89.8 Å². The molecule has 2 heterocycles. The van der Waals surface area contributed by atoms with Gasteiger partial charge in [0.25, 0.3) is 0 Å². The molecular formula is C58H86N7O2+. The number of hydrogen-bond acceptors (Lipinski definition) is 7. The molecule has 67 heavy (non-hydrogen) atoms. The first-order valence-electron chi connectivity index (χ1n) is 25.4. The van der Waals surface area contributed by atoms with Gasteiger partial charge in [0, 0.05) is 37.1 Å². The maximum absolute atomic E-state index is 6.04. The molecule has 0 atom stereocenters. The van der Waals surface area contributed by atoms with Gasteiger partial charge in [-0.15, -0.1) is 5.10 Å². The van der Waals surface area contributed by atoms with Crippen LogP contribution in [0.25, 0.3) is 0 Å². The van der Waals surface area contributed by atoms with E-state index in [1.54, 1.807) is 0 Å². The van der Waals surface area contributed by atoms with E-state index in [0.717, 1.165) is 74.1 Å². The molecule has 0 radical (unpaired) electrons. The summed E-state index contributed by atoms with van der Waals surface area (Å²) in [7, 11) is 0. The average Bonchev–Trinajstić information content (AvgIpc) is 3.73. The summed E-state index contributed by atoms with van der Waals surface area (Å²) in [5, 5.41) is 21.7. The van der Waals surface area contributed by atoms with E-state index >= 15 is 0 Å². The number of azo groups is 1. The molecule has 0 aliphatic carbocycles. The standard InChI is InChI=1S/C58H86N7O2/c1-55(2,3)45-38-46(56(4,5)6)41-51(40-45)59-31-21-17-18-22-32-65-44-50(62-63-65)24-20-16-14-13-15-19-23-36-66-54-29-33-64(34-30-54)35-37-67-53-27-25-49(26-28-53)60-61-52-42-47(57(7,8)9)39-48(43-52)58(10,11)12/h25-30,33-34,38-44,59H,13-24,31-32,35-37H2,1-12H3/q+1. The van der Waals surface area contributed by atoms with Crippen molar-refractivity contribution < 1.29 is 14.0 Å². The molecule has 0 aliphatic heterocycles. The third kappa shape index (κ3) is 18.9. The van der Waals surface area contributed by atoms with Crippen LogP contribution in [0, 0.1) is 0 Å². The fraction of sp³-hybridized carbons (Fsp3) is 0.569. The predicted molar refractivity (Wildman–Crippen MR) is 279 cm³/mol. The number of hydrogen-bond donors (Lipinski definition) is 1. The minimum absolute atomic E-state index is 0.0345. The van der Waals surface area contributed by atoms with Gasteiger partial charge in [-0.1, -0.05) is 145 Å². The number of pyridine rings is 1. The van der Waals surface area contributed by atoms with Crippen molar-refractivity contribution in [3.8, 4) is 11.5 Å². The largest absolute Gasteiger partial charge is 0.493 e. The van der Waals surface area contributed by atoms with Crippen molar-refractivity contribution in [3.05, 3.63) is 119 Å².